The van der Waals surface area contributed by atoms with Gasteiger partial charge in [-0.15, -0.1) is 0 Å². The second-order valence-electron chi connectivity index (χ2n) is 5.17. The molecule has 0 heterocycles. The van der Waals surface area contributed by atoms with E-state index < -0.39 is 17.6 Å². The van der Waals surface area contributed by atoms with Gasteiger partial charge >= 0.3 is 12.1 Å². The average molecular weight is 227 g/mol. The summed E-state index contributed by atoms with van der Waals surface area (Å²) in [5.74, 6) is -0.877. The molecule has 16 heavy (non-hydrogen) atoms. The number of carbonyl (C=O) groups is 2. The van der Waals surface area contributed by atoms with Crippen molar-refractivity contribution in [2.24, 2.45) is 0 Å². The molecule has 0 atom stereocenters. The zero-order valence-corrected chi connectivity index (χ0v) is 9.41. The lowest BCUT2D eigenvalue weighted by Crippen LogP contribution is -2.55. The number of carbonyl (C=O) groups excluding carboxylic acids is 1. The number of nitrogens with one attached hydrogen (secondary N) is 1. The van der Waals surface area contributed by atoms with Crippen molar-refractivity contribution < 1.29 is 19.4 Å². The van der Waals surface area contributed by atoms with Crippen molar-refractivity contribution in [1.29, 1.82) is 0 Å². The van der Waals surface area contributed by atoms with Gasteiger partial charge in [-0.05, 0) is 39.0 Å². The van der Waals surface area contributed by atoms with Crippen LogP contribution < -0.4 is 5.32 Å². The largest absolute Gasteiger partial charge is 0.481 e. The normalized spacial score (nSPS) is 24.1. The number of hydrogen-bond acceptors (Lipinski definition) is 3. The predicted octanol–water partition coefficient (Wildman–Crippen LogP) is 1.66. The molecule has 0 aromatic carbocycles. The van der Waals surface area contributed by atoms with Crippen molar-refractivity contribution in [2.75, 3.05) is 0 Å². The van der Waals surface area contributed by atoms with Gasteiger partial charge in [0.1, 0.15) is 5.60 Å². The zero-order valence-electron chi connectivity index (χ0n) is 9.41. The molecule has 0 bridgehead atoms. The van der Waals surface area contributed by atoms with Gasteiger partial charge in [-0.1, -0.05) is 0 Å². The maximum atomic E-state index is 11.6. The van der Waals surface area contributed by atoms with Gasteiger partial charge in [0.15, 0.2) is 0 Å². The van der Waals surface area contributed by atoms with Crippen molar-refractivity contribution in [1.82, 2.24) is 5.32 Å². The Morgan fingerprint density at radius 1 is 1.31 bits per heavy atom. The van der Waals surface area contributed by atoms with Crippen LogP contribution >= 0.6 is 0 Å². The summed E-state index contributed by atoms with van der Waals surface area (Å²) in [5.41, 5.74) is -0.869. The summed E-state index contributed by atoms with van der Waals surface area (Å²) in [7, 11) is 0. The first-order chi connectivity index (χ1) is 7.43. The molecule has 2 aliphatic carbocycles. The number of ether oxygens (including phenoxy) is 1. The molecule has 0 radical (unpaired) electrons. The van der Waals surface area contributed by atoms with E-state index in [1.807, 2.05) is 6.92 Å². The molecule has 90 valence electrons. The van der Waals surface area contributed by atoms with Gasteiger partial charge < -0.3 is 15.2 Å². The van der Waals surface area contributed by atoms with Gasteiger partial charge in [0, 0.05) is 0 Å². The van der Waals surface area contributed by atoms with Gasteiger partial charge in [0.05, 0.1) is 12.0 Å². The summed E-state index contributed by atoms with van der Waals surface area (Å²) in [6, 6.07) is 0. The van der Waals surface area contributed by atoms with Gasteiger partial charge in [-0.2, -0.15) is 0 Å². The van der Waals surface area contributed by atoms with Crippen LogP contribution in [0.5, 0.6) is 0 Å². The fourth-order valence-electron chi connectivity index (χ4n) is 1.98. The first-order valence-corrected chi connectivity index (χ1v) is 5.66. The molecule has 1 amide bonds. The van der Waals surface area contributed by atoms with Crippen molar-refractivity contribution in [3.8, 4) is 0 Å². The van der Waals surface area contributed by atoms with Crippen LogP contribution in [0.1, 0.15) is 45.4 Å². The van der Waals surface area contributed by atoms with E-state index in [0.717, 1.165) is 32.1 Å². The van der Waals surface area contributed by atoms with E-state index in [-0.39, 0.29) is 12.0 Å². The van der Waals surface area contributed by atoms with Gasteiger partial charge in [-0.3, -0.25) is 4.79 Å². The minimum Gasteiger partial charge on any atom is -0.481 e. The van der Waals surface area contributed by atoms with Crippen molar-refractivity contribution in [3.63, 3.8) is 0 Å². The number of carboxylic acids is 1. The lowest BCUT2D eigenvalue weighted by molar-refractivity contribution is -0.139. The highest BCUT2D eigenvalue weighted by Crippen LogP contribution is 2.40. The standard InChI is InChI=1S/C11H17NO4/c1-10(5-6-10)16-9(15)12-11(3-2-4-11)7-8(13)14/h2-7H2,1H3,(H,12,15)(H,13,14). The minimum atomic E-state index is -0.877. The lowest BCUT2D eigenvalue weighted by Gasteiger charge is -2.41. The Labute approximate surface area is 94.2 Å². The first kappa shape index (κ1) is 11.2. The molecule has 5 heteroatoms. The Morgan fingerprint density at radius 2 is 1.94 bits per heavy atom. The summed E-state index contributed by atoms with van der Waals surface area (Å²) in [5, 5.41) is 11.5. The second kappa shape index (κ2) is 3.64. The van der Waals surface area contributed by atoms with Gasteiger partial charge in [-0.25, -0.2) is 4.79 Å². The van der Waals surface area contributed by atoms with Crippen LogP contribution in [0, 0.1) is 0 Å². The van der Waals surface area contributed by atoms with Crippen molar-refractivity contribution >= 4 is 12.1 Å². The molecule has 0 spiro atoms. The van der Waals surface area contributed by atoms with E-state index >= 15 is 0 Å². The van der Waals surface area contributed by atoms with Crippen molar-refractivity contribution in [3.05, 3.63) is 0 Å². The Morgan fingerprint density at radius 3 is 2.31 bits per heavy atom. The smallest absolute Gasteiger partial charge is 0.408 e. The average Bonchev–Trinajstić information content (AvgIpc) is 2.78. The van der Waals surface area contributed by atoms with Crippen LogP contribution in [0.4, 0.5) is 4.79 Å². The van der Waals surface area contributed by atoms with E-state index in [0.29, 0.717) is 0 Å². The van der Waals surface area contributed by atoms with Crippen LogP contribution in [-0.4, -0.2) is 28.3 Å². The zero-order chi connectivity index (χ0) is 11.8. The molecular formula is C11H17NO4. The molecule has 2 fully saturated rings. The monoisotopic (exact) mass is 227 g/mol. The van der Waals surface area contributed by atoms with E-state index in [2.05, 4.69) is 5.32 Å². The number of aliphatic carboxylic acids is 1. The highest BCUT2D eigenvalue weighted by molar-refractivity contribution is 5.73. The van der Waals surface area contributed by atoms with Gasteiger partial charge in [0.2, 0.25) is 0 Å². The molecule has 0 aliphatic heterocycles. The SMILES string of the molecule is CC1(OC(=O)NC2(CC(=O)O)CCC2)CC1. The summed E-state index contributed by atoms with van der Waals surface area (Å²) < 4.78 is 5.22. The predicted molar refractivity (Wildman–Crippen MR) is 56.1 cm³/mol. The third kappa shape index (κ3) is 2.46. The summed E-state index contributed by atoms with van der Waals surface area (Å²) in [4.78, 5) is 22.3. The van der Waals surface area contributed by atoms with Crippen LogP contribution in [0.25, 0.3) is 0 Å². The highest BCUT2D eigenvalue weighted by Gasteiger charge is 2.45. The van der Waals surface area contributed by atoms with Crippen LogP contribution in [0.3, 0.4) is 0 Å². The summed E-state index contributed by atoms with van der Waals surface area (Å²) in [6.07, 6.45) is 3.72. The number of alkyl carbamates (subject to hydrolysis) is 1. The molecule has 0 unspecified atom stereocenters. The van der Waals surface area contributed by atoms with Crippen LogP contribution in [0.2, 0.25) is 0 Å². The van der Waals surface area contributed by atoms with E-state index in [1.54, 1.807) is 0 Å². The lowest BCUT2D eigenvalue weighted by atomic mass is 9.74. The quantitative estimate of drug-likeness (QED) is 0.765. The Bertz CT molecular complexity index is 318. The van der Waals surface area contributed by atoms with Crippen LogP contribution in [0.15, 0.2) is 0 Å². The second-order valence-corrected chi connectivity index (χ2v) is 5.17. The Kier molecular flexibility index (Phi) is 2.56. The fourth-order valence-corrected chi connectivity index (χ4v) is 1.98. The molecule has 2 rings (SSSR count). The molecule has 0 saturated heterocycles. The molecule has 2 saturated carbocycles. The van der Waals surface area contributed by atoms with Gasteiger partial charge in [0.25, 0.3) is 0 Å². The number of rotatable bonds is 4. The highest BCUT2D eigenvalue weighted by atomic mass is 16.6. The Balaban J connectivity index is 1.86. The first-order valence-electron chi connectivity index (χ1n) is 5.66. The summed E-state index contributed by atoms with van der Waals surface area (Å²) in [6.45, 7) is 1.89. The maximum Gasteiger partial charge on any atom is 0.408 e. The Hall–Kier alpha value is -1.26. The molecular weight excluding hydrogens is 210 g/mol. The topological polar surface area (TPSA) is 75.6 Å². The maximum absolute atomic E-state index is 11.6. The minimum absolute atomic E-state index is 0.0151. The number of carboxylic acid groups (broad SMARTS) is 1. The fraction of sp³-hybridized carbons (Fsp3) is 0.818. The molecule has 2 N–H and O–H groups in total. The number of hydrogen-bond donors (Lipinski definition) is 2. The molecule has 2 aliphatic rings. The molecule has 0 aromatic heterocycles. The molecule has 0 aromatic rings. The van der Waals surface area contributed by atoms with E-state index in [1.165, 1.54) is 0 Å². The number of amides is 1. The van der Waals surface area contributed by atoms with Crippen LogP contribution in [-0.2, 0) is 9.53 Å². The third-order valence-corrected chi connectivity index (χ3v) is 3.46. The third-order valence-electron chi connectivity index (χ3n) is 3.46. The van der Waals surface area contributed by atoms with E-state index in [9.17, 15) is 9.59 Å². The van der Waals surface area contributed by atoms with Crippen molar-refractivity contribution in [2.45, 2.75) is 56.6 Å². The molecule has 5 nitrogen and oxygen atoms in total. The van der Waals surface area contributed by atoms with E-state index in [4.69, 9.17) is 9.84 Å². The summed E-state index contributed by atoms with van der Waals surface area (Å²) >= 11 is 0.